The Hall–Kier alpha value is -1.98. The van der Waals surface area contributed by atoms with E-state index in [1.165, 1.54) is 5.56 Å². The van der Waals surface area contributed by atoms with Gasteiger partial charge in [0, 0.05) is 51.5 Å². The van der Waals surface area contributed by atoms with E-state index >= 15 is 0 Å². The molecule has 1 amide bonds. The summed E-state index contributed by atoms with van der Waals surface area (Å²) in [4.78, 5) is 18.3. The number of nitrogens with one attached hydrogen (secondary N) is 2. The molecular weight excluding hydrogens is 278 g/mol. The number of hydrogen-bond donors (Lipinski definition) is 2. The number of aliphatic imine (C=N–C) groups is 1. The van der Waals surface area contributed by atoms with Crippen molar-refractivity contribution in [2.45, 2.75) is 39.3 Å². The van der Waals surface area contributed by atoms with Crippen molar-refractivity contribution in [1.82, 2.24) is 20.1 Å². The number of guanidine groups is 1. The third kappa shape index (κ3) is 4.51. The number of hydrogen-bond acceptors (Lipinski definition) is 2. The molecule has 2 heterocycles. The first-order chi connectivity index (χ1) is 10.6. The highest BCUT2D eigenvalue weighted by molar-refractivity contribution is 5.80. The van der Waals surface area contributed by atoms with Gasteiger partial charge in [-0.3, -0.25) is 4.79 Å². The van der Waals surface area contributed by atoms with Crippen LogP contribution in [0.5, 0.6) is 0 Å². The van der Waals surface area contributed by atoms with E-state index in [9.17, 15) is 4.79 Å². The molecule has 2 rings (SSSR count). The molecule has 0 saturated carbocycles. The Balaban J connectivity index is 1.90. The van der Waals surface area contributed by atoms with Crippen molar-refractivity contribution in [3.8, 4) is 0 Å². The second kappa shape index (κ2) is 7.87. The molecule has 1 aromatic heterocycles. The maximum Gasteiger partial charge on any atom is 0.222 e. The molecule has 1 fully saturated rings. The Morgan fingerprint density at radius 3 is 2.91 bits per heavy atom. The van der Waals surface area contributed by atoms with Crippen LogP contribution in [0.2, 0.25) is 0 Å². The highest BCUT2D eigenvalue weighted by Crippen LogP contribution is 2.10. The third-order valence-electron chi connectivity index (χ3n) is 3.84. The van der Waals surface area contributed by atoms with E-state index in [0.717, 1.165) is 32.0 Å². The number of likely N-dealkylation sites (tertiary alicyclic amines) is 1. The second-order valence-corrected chi connectivity index (χ2v) is 5.70. The predicted molar refractivity (Wildman–Crippen MR) is 88.6 cm³/mol. The SMILES string of the molecule is CCNC(=NCc1ccn(C)c1)NC1CCN(C(=O)CC)C1. The van der Waals surface area contributed by atoms with Crippen molar-refractivity contribution in [3.05, 3.63) is 24.0 Å². The highest BCUT2D eigenvalue weighted by atomic mass is 16.2. The van der Waals surface area contributed by atoms with Crippen molar-refractivity contribution in [1.29, 1.82) is 0 Å². The summed E-state index contributed by atoms with van der Waals surface area (Å²) >= 11 is 0. The van der Waals surface area contributed by atoms with Crippen molar-refractivity contribution in [3.63, 3.8) is 0 Å². The van der Waals surface area contributed by atoms with Gasteiger partial charge in [-0.05, 0) is 25.0 Å². The van der Waals surface area contributed by atoms with Crippen molar-refractivity contribution in [2.75, 3.05) is 19.6 Å². The van der Waals surface area contributed by atoms with Gasteiger partial charge in [-0.15, -0.1) is 0 Å². The van der Waals surface area contributed by atoms with E-state index in [-0.39, 0.29) is 11.9 Å². The van der Waals surface area contributed by atoms with Gasteiger partial charge in [0.1, 0.15) is 0 Å². The summed E-state index contributed by atoms with van der Waals surface area (Å²) in [7, 11) is 2.01. The molecule has 0 radical (unpaired) electrons. The van der Waals surface area contributed by atoms with E-state index < -0.39 is 0 Å². The Bertz CT molecular complexity index is 522. The van der Waals surface area contributed by atoms with Gasteiger partial charge in [0.05, 0.1) is 6.54 Å². The minimum Gasteiger partial charge on any atom is -0.357 e. The number of amides is 1. The molecule has 122 valence electrons. The lowest BCUT2D eigenvalue weighted by molar-refractivity contribution is -0.129. The van der Waals surface area contributed by atoms with E-state index in [2.05, 4.69) is 34.8 Å². The summed E-state index contributed by atoms with van der Waals surface area (Å²) in [6.45, 7) is 7.05. The van der Waals surface area contributed by atoms with Crippen LogP contribution in [0.25, 0.3) is 0 Å². The van der Waals surface area contributed by atoms with E-state index in [0.29, 0.717) is 13.0 Å². The van der Waals surface area contributed by atoms with E-state index in [1.54, 1.807) is 0 Å². The molecular formula is C16H27N5O. The minimum absolute atomic E-state index is 0.232. The van der Waals surface area contributed by atoms with Crippen LogP contribution in [0.4, 0.5) is 0 Å². The quantitative estimate of drug-likeness (QED) is 0.632. The van der Waals surface area contributed by atoms with Crippen LogP contribution in [0.1, 0.15) is 32.3 Å². The molecule has 1 atom stereocenters. The fourth-order valence-corrected chi connectivity index (χ4v) is 2.67. The molecule has 1 aliphatic heterocycles. The zero-order valence-electron chi connectivity index (χ0n) is 13.8. The molecule has 6 nitrogen and oxygen atoms in total. The molecule has 1 aliphatic rings. The summed E-state index contributed by atoms with van der Waals surface area (Å²) in [5, 5.41) is 6.71. The first-order valence-corrected chi connectivity index (χ1v) is 8.05. The molecule has 0 aromatic carbocycles. The Kier molecular flexibility index (Phi) is 5.86. The maximum absolute atomic E-state index is 11.7. The summed E-state index contributed by atoms with van der Waals surface area (Å²) < 4.78 is 2.02. The third-order valence-corrected chi connectivity index (χ3v) is 3.84. The van der Waals surface area contributed by atoms with E-state index in [4.69, 9.17) is 0 Å². The smallest absolute Gasteiger partial charge is 0.222 e. The van der Waals surface area contributed by atoms with Crippen LogP contribution >= 0.6 is 0 Å². The zero-order valence-corrected chi connectivity index (χ0v) is 13.8. The zero-order chi connectivity index (χ0) is 15.9. The highest BCUT2D eigenvalue weighted by Gasteiger charge is 2.25. The van der Waals surface area contributed by atoms with Crippen molar-refractivity contribution in [2.24, 2.45) is 12.0 Å². The Morgan fingerprint density at radius 1 is 1.45 bits per heavy atom. The number of carbonyl (C=O) groups is 1. The topological polar surface area (TPSA) is 61.7 Å². The lowest BCUT2D eigenvalue weighted by Crippen LogP contribution is -2.45. The summed E-state index contributed by atoms with van der Waals surface area (Å²) in [5.41, 5.74) is 1.19. The van der Waals surface area contributed by atoms with Crippen LogP contribution in [0.15, 0.2) is 23.5 Å². The number of rotatable bonds is 5. The second-order valence-electron chi connectivity index (χ2n) is 5.70. The van der Waals surface area contributed by atoms with Gasteiger partial charge < -0.3 is 20.1 Å². The summed E-state index contributed by atoms with van der Waals surface area (Å²) in [5.74, 6) is 1.05. The molecule has 1 saturated heterocycles. The standard InChI is InChI=1S/C16H27N5O/c1-4-15(22)21-9-7-14(12-21)19-16(17-5-2)18-10-13-6-8-20(3)11-13/h6,8,11,14H,4-5,7,9-10,12H2,1-3H3,(H2,17,18,19). The first kappa shape index (κ1) is 16.4. The molecule has 6 heteroatoms. The number of nitrogens with zero attached hydrogens (tertiary/aromatic N) is 3. The van der Waals surface area contributed by atoms with Crippen LogP contribution in [-0.2, 0) is 18.4 Å². The molecule has 2 N–H and O–H groups in total. The lowest BCUT2D eigenvalue weighted by Gasteiger charge is -2.18. The van der Waals surface area contributed by atoms with Gasteiger partial charge in [0.15, 0.2) is 5.96 Å². The summed E-state index contributed by atoms with van der Waals surface area (Å²) in [6.07, 6.45) is 5.65. The molecule has 0 aliphatic carbocycles. The van der Waals surface area contributed by atoms with Crippen molar-refractivity contribution < 1.29 is 4.79 Å². The average molecular weight is 305 g/mol. The van der Waals surface area contributed by atoms with Crippen LogP contribution in [0.3, 0.4) is 0 Å². The van der Waals surface area contributed by atoms with Gasteiger partial charge >= 0.3 is 0 Å². The van der Waals surface area contributed by atoms with Crippen LogP contribution in [0, 0.1) is 0 Å². The monoisotopic (exact) mass is 305 g/mol. The Morgan fingerprint density at radius 2 is 2.27 bits per heavy atom. The average Bonchev–Trinajstić information content (AvgIpc) is 3.13. The molecule has 0 bridgehead atoms. The van der Waals surface area contributed by atoms with Gasteiger partial charge in [0.25, 0.3) is 0 Å². The first-order valence-electron chi connectivity index (χ1n) is 8.05. The largest absolute Gasteiger partial charge is 0.357 e. The summed E-state index contributed by atoms with van der Waals surface area (Å²) in [6, 6.07) is 2.36. The number of carbonyl (C=O) groups excluding carboxylic acids is 1. The van der Waals surface area contributed by atoms with Gasteiger partial charge in [-0.2, -0.15) is 0 Å². The minimum atomic E-state index is 0.232. The van der Waals surface area contributed by atoms with E-state index in [1.807, 2.05) is 29.6 Å². The predicted octanol–water partition coefficient (Wildman–Crippen LogP) is 1.09. The molecule has 1 unspecified atom stereocenters. The molecule has 1 aromatic rings. The van der Waals surface area contributed by atoms with Gasteiger partial charge in [-0.1, -0.05) is 6.92 Å². The van der Waals surface area contributed by atoms with Crippen LogP contribution < -0.4 is 10.6 Å². The van der Waals surface area contributed by atoms with Crippen molar-refractivity contribution >= 4 is 11.9 Å². The van der Waals surface area contributed by atoms with Gasteiger partial charge in [0.2, 0.25) is 5.91 Å². The van der Waals surface area contributed by atoms with Crippen LogP contribution in [-0.4, -0.2) is 47.0 Å². The number of aryl methyl sites for hydroxylation is 1. The fourth-order valence-electron chi connectivity index (χ4n) is 2.67. The Labute approximate surface area is 132 Å². The van der Waals surface area contributed by atoms with Gasteiger partial charge in [-0.25, -0.2) is 4.99 Å². The lowest BCUT2D eigenvalue weighted by atomic mass is 10.3. The number of aromatic nitrogens is 1. The maximum atomic E-state index is 11.7. The molecule has 22 heavy (non-hydrogen) atoms. The molecule has 0 spiro atoms. The normalized spacial score (nSPS) is 18.6. The fraction of sp³-hybridized carbons (Fsp3) is 0.625.